The van der Waals surface area contributed by atoms with Gasteiger partial charge in [0.1, 0.15) is 0 Å². The summed E-state index contributed by atoms with van der Waals surface area (Å²) in [6.45, 7) is 1.88. The lowest BCUT2D eigenvalue weighted by atomic mass is 10.1. The Kier molecular flexibility index (Phi) is 6.70. The molecule has 3 nitrogen and oxygen atoms in total. The number of halogens is 3. The molecule has 1 aliphatic rings. The van der Waals surface area contributed by atoms with E-state index in [9.17, 15) is 4.79 Å². The third-order valence-electron chi connectivity index (χ3n) is 2.81. The van der Waals surface area contributed by atoms with Gasteiger partial charge in [0.25, 0.3) is 5.91 Å². The highest BCUT2D eigenvalue weighted by Gasteiger charge is 2.17. The summed E-state index contributed by atoms with van der Waals surface area (Å²) in [4.78, 5) is 12.0. The maximum atomic E-state index is 12.0. The SMILES string of the molecule is Cl.O=C(N[C@H]1CCCNC1)c1ccc(I)cc1Cl. The Labute approximate surface area is 132 Å². The Balaban J connectivity index is 0.00000162. The summed E-state index contributed by atoms with van der Waals surface area (Å²) in [7, 11) is 0. The van der Waals surface area contributed by atoms with Crippen LogP contribution in [-0.4, -0.2) is 25.0 Å². The maximum absolute atomic E-state index is 12.0. The van der Waals surface area contributed by atoms with Crippen molar-refractivity contribution in [3.63, 3.8) is 0 Å². The molecular weight excluding hydrogens is 386 g/mol. The summed E-state index contributed by atoms with van der Waals surface area (Å²) >= 11 is 8.24. The molecule has 0 unspecified atom stereocenters. The van der Waals surface area contributed by atoms with E-state index in [-0.39, 0.29) is 24.4 Å². The first-order chi connectivity index (χ1) is 8.16. The van der Waals surface area contributed by atoms with Crippen LogP contribution in [0.25, 0.3) is 0 Å². The summed E-state index contributed by atoms with van der Waals surface area (Å²) in [6, 6.07) is 5.68. The van der Waals surface area contributed by atoms with E-state index in [1.54, 1.807) is 12.1 Å². The first-order valence-electron chi connectivity index (χ1n) is 5.63. The van der Waals surface area contributed by atoms with Crippen molar-refractivity contribution < 1.29 is 4.79 Å². The quantitative estimate of drug-likeness (QED) is 0.749. The first-order valence-corrected chi connectivity index (χ1v) is 7.09. The van der Waals surface area contributed by atoms with Crippen molar-refractivity contribution in [2.24, 2.45) is 0 Å². The summed E-state index contributed by atoms with van der Waals surface area (Å²) in [5.74, 6) is -0.0832. The van der Waals surface area contributed by atoms with Gasteiger partial charge >= 0.3 is 0 Å². The highest BCUT2D eigenvalue weighted by Crippen LogP contribution is 2.19. The molecule has 0 aromatic heterocycles. The smallest absolute Gasteiger partial charge is 0.253 e. The topological polar surface area (TPSA) is 41.1 Å². The third kappa shape index (κ3) is 4.26. The number of carbonyl (C=O) groups excluding carboxylic acids is 1. The fourth-order valence-electron chi connectivity index (χ4n) is 1.91. The Hall–Kier alpha value is -0.0400. The van der Waals surface area contributed by atoms with Crippen molar-refractivity contribution in [1.82, 2.24) is 10.6 Å². The zero-order chi connectivity index (χ0) is 12.3. The number of nitrogens with one attached hydrogen (secondary N) is 2. The van der Waals surface area contributed by atoms with Crippen LogP contribution < -0.4 is 10.6 Å². The Morgan fingerprint density at radius 2 is 2.28 bits per heavy atom. The van der Waals surface area contributed by atoms with Crippen LogP contribution in [0.5, 0.6) is 0 Å². The van der Waals surface area contributed by atoms with Gasteiger partial charge in [-0.2, -0.15) is 0 Å². The zero-order valence-corrected chi connectivity index (χ0v) is 13.4. The first kappa shape index (κ1) is 16.0. The van der Waals surface area contributed by atoms with E-state index in [1.165, 1.54) is 0 Å². The summed E-state index contributed by atoms with van der Waals surface area (Å²) in [5, 5.41) is 6.79. The number of carbonyl (C=O) groups is 1. The predicted molar refractivity (Wildman–Crippen MR) is 84.8 cm³/mol. The van der Waals surface area contributed by atoms with Gasteiger partial charge in [-0.15, -0.1) is 12.4 Å². The van der Waals surface area contributed by atoms with Crippen LogP contribution in [0, 0.1) is 3.57 Å². The largest absolute Gasteiger partial charge is 0.348 e. The lowest BCUT2D eigenvalue weighted by Gasteiger charge is -2.24. The molecule has 100 valence electrons. The molecule has 0 saturated carbocycles. The molecule has 0 bridgehead atoms. The zero-order valence-electron chi connectivity index (χ0n) is 9.71. The Morgan fingerprint density at radius 3 is 2.89 bits per heavy atom. The third-order valence-corrected chi connectivity index (χ3v) is 3.79. The molecule has 1 fully saturated rings. The van der Waals surface area contributed by atoms with Gasteiger partial charge in [-0.25, -0.2) is 0 Å². The molecule has 1 aliphatic heterocycles. The number of hydrogen-bond acceptors (Lipinski definition) is 2. The molecule has 0 aliphatic carbocycles. The van der Waals surface area contributed by atoms with Gasteiger partial charge in [-0.05, 0) is 60.2 Å². The highest BCUT2D eigenvalue weighted by molar-refractivity contribution is 14.1. The lowest BCUT2D eigenvalue weighted by Crippen LogP contribution is -2.45. The molecular formula is C12H15Cl2IN2O. The molecule has 1 aromatic rings. The fourth-order valence-corrected chi connectivity index (χ4v) is 2.85. The summed E-state index contributed by atoms with van der Waals surface area (Å²) < 4.78 is 1.03. The summed E-state index contributed by atoms with van der Waals surface area (Å²) in [6.07, 6.45) is 2.13. The van der Waals surface area contributed by atoms with Crippen molar-refractivity contribution in [3.05, 3.63) is 32.4 Å². The maximum Gasteiger partial charge on any atom is 0.253 e. The standard InChI is InChI=1S/C12H14ClIN2O.ClH/c13-11-6-8(14)3-4-10(11)12(17)16-9-2-1-5-15-7-9;/h3-4,6,9,15H,1-2,5,7H2,(H,16,17);1H/t9-;/m0./s1. The van der Waals surface area contributed by atoms with Crippen molar-refractivity contribution in [2.75, 3.05) is 13.1 Å². The van der Waals surface area contributed by atoms with E-state index in [1.807, 2.05) is 6.07 Å². The predicted octanol–water partition coefficient (Wildman–Crippen LogP) is 2.85. The van der Waals surface area contributed by atoms with Gasteiger partial charge < -0.3 is 10.6 Å². The van der Waals surface area contributed by atoms with Crippen LogP contribution in [0.15, 0.2) is 18.2 Å². The minimum Gasteiger partial charge on any atom is -0.348 e. The van der Waals surface area contributed by atoms with Gasteiger partial charge in [0, 0.05) is 16.2 Å². The molecule has 1 atom stereocenters. The van der Waals surface area contributed by atoms with Crippen molar-refractivity contribution >= 4 is 52.5 Å². The van der Waals surface area contributed by atoms with E-state index in [0.717, 1.165) is 29.5 Å². The van der Waals surface area contributed by atoms with Crippen LogP contribution in [0.4, 0.5) is 0 Å². The molecule has 6 heteroatoms. The normalized spacial score (nSPS) is 18.9. The number of piperidine rings is 1. The molecule has 2 rings (SSSR count). The number of rotatable bonds is 2. The minimum absolute atomic E-state index is 0. The van der Waals surface area contributed by atoms with E-state index >= 15 is 0 Å². The molecule has 1 amide bonds. The van der Waals surface area contributed by atoms with Crippen LogP contribution in [-0.2, 0) is 0 Å². The molecule has 1 saturated heterocycles. The van der Waals surface area contributed by atoms with Crippen LogP contribution in [0.3, 0.4) is 0 Å². The molecule has 18 heavy (non-hydrogen) atoms. The van der Waals surface area contributed by atoms with Gasteiger partial charge in [0.05, 0.1) is 10.6 Å². The van der Waals surface area contributed by atoms with Crippen LogP contribution >= 0.6 is 46.6 Å². The molecule has 1 heterocycles. The Bertz CT molecular complexity index is 423. The molecule has 0 spiro atoms. The van der Waals surface area contributed by atoms with Crippen molar-refractivity contribution in [1.29, 1.82) is 0 Å². The van der Waals surface area contributed by atoms with Gasteiger partial charge in [-0.3, -0.25) is 4.79 Å². The van der Waals surface area contributed by atoms with Gasteiger partial charge in [-0.1, -0.05) is 11.6 Å². The van der Waals surface area contributed by atoms with Gasteiger partial charge in [0.15, 0.2) is 0 Å². The highest BCUT2D eigenvalue weighted by atomic mass is 127. The van der Waals surface area contributed by atoms with Crippen molar-refractivity contribution in [3.8, 4) is 0 Å². The second-order valence-corrected chi connectivity index (χ2v) is 5.79. The average molecular weight is 401 g/mol. The van der Waals surface area contributed by atoms with Crippen LogP contribution in [0.2, 0.25) is 5.02 Å². The number of amides is 1. The van der Waals surface area contributed by atoms with Crippen LogP contribution in [0.1, 0.15) is 23.2 Å². The summed E-state index contributed by atoms with van der Waals surface area (Å²) in [5.41, 5.74) is 0.553. The van der Waals surface area contributed by atoms with E-state index in [2.05, 4.69) is 33.2 Å². The lowest BCUT2D eigenvalue weighted by molar-refractivity contribution is 0.0931. The second-order valence-electron chi connectivity index (χ2n) is 4.14. The van der Waals surface area contributed by atoms with Gasteiger partial charge in [0.2, 0.25) is 0 Å². The Morgan fingerprint density at radius 1 is 1.50 bits per heavy atom. The van der Waals surface area contributed by atoms with E-state index in [4.69, 9.17) is 11.6 Å². The minimum atomic E-state index is -0.0832. The molecule has 2 N–H and O–H groups in total. The second kappa shape index (κ2) is 7.53. The van der Waals surface area contributed by atoms with Crippen molar-refractivity contribution in [2.45, 2.75) is 18.9 Å². The van der Waals surface area contributed by atoms with E-state index < -0.39 is 0 Å². The fraction of sp³-hybridized carbons (Fsp3) is 0.417. The van der Waals surface area contributed by atoms with E-state index in [0.29, 0.717) is 10.6 Å². The molecule has 1 aromatic carbocycles. The number of benzene rings is 1. The average Bonchev–Trinajstić information content (AvgIpc) is 2.30. The number of hydrogen-bond donors (Lipinski definition) is 2. The molecule has 0 radical (unpaired) electrons. The monoisotopic (exact) mass is 400 g/mol.